The number of piperidine rings is 1. The van der Waals surface area contributed by atoms with Crippen LogP contribution in [0.15, 0.2) is 17.8 Å². The Morgan fingerprint density at radius 1 is 1.25 bits per heavy atom. The Balaban J connectivity index is 1.86. The van der Waals surface area contributed by atoms with Crippen molar-refractivity contribution in [3.8, 4) is 0 Å². The number of nitrogens with one attached hydrogen (secondary N) is 2. The molecule has 0 spiro atoms. The molecule has 2 aliphatic rings. The van der Waals surface area contributed by atoms with Crippen molar-refractivity contribution in [2.75, 3.05) is 32.5 Å². The zero-order chi connectivity index (χ0) is 23.1. The number of anilines is 1. The number of hydrogen-bond acceptors (Lipinski definition) is 6. The van der Waals surface area contributed by atoms with E-state index in [9.17, 15) is 5.11 Å². The summed E-state index contributed by atoms with van der Waals surface area (Å²) in [5.41, 5.74) is 2.84. The summed E-state index contributed by atoms with van der Waals surface area (Å²) in [6.07, 6.45) is 9.63. The molecule has 1 unspecified atom stereocenters. The summed E-state index contributed by atoms with van der Waals surface area (Å²) in [6, 6.07) is 0.715. The van der Waals surface area contributed by atoms with Gasteiger partial charge in [0.2, 0.25) is 5.95 Å². The lowest BCUT2D eigenvalue weighted by Crippen LogP contribution is -2.44. The number of allylic oxidation sites excluding steroid dienone is 1. The summed E-state index contributed by atoms with van der Waals surface area (Å²) in [4.78, 5) is 16.6. The van der Waals surface area contributed by atoms with Crippen LogP contribution in [-0.2, 0) is 0 Å². The molecule has 3 N–H and O–H groups in total. The average molecular weight is 443 g/mol. The summed E-state index contributed by atoms with van der Waals surface area (Å²) < 4.78 is 0. The van der Waals surface area contributed by atoms with E-state index in [1.807, 2.05) is 13.2 Å². The molecule has 2 fully saturated rings. The van der Waals surface area contributed by atoms with Crippen LogP contribution in [0.3, 0.4) is 0 Å². The molecule has 0 bridgehead atoms. The molecule has 1 saturated heterocycles. The molecule has 0 aromatic carbocycles. The van der Waals surface area contributed by atoms with Crippen LogP contribution in [0.2, 0.25) is 0 Å². The predicted octanol–water partition coefficient (Wildman–Crippen LogP) is 3.70. The SMILES string of the molecule is C=C(c1nc(NC(C)CCC)ncc1C(=NC)NC1CCN(C)CC1)C1CCC(O)CC1. The Morgan fingerprint density at radius 3 is 2.56 bits per heavy atom. The molecular formula is C25H42N6O. The summed E-state index contributed by atoms with van der Waals surface area (Å²) >= 11 is 0. The highest BCUT2D eigenvalue weighted by Gasteiger charge is 2.27. The third-order valence-electron chi connectivity index (χ3n) is 6.92. The number of amidine groups is 1. The molecule has 1 aliphatic heterocycles. The van der Waals surface area contributed by atoms with Gasteiger partial charge in [-0.15, -0.1) is 0 Å². The summed E-state index contributed by atoms with van der Waals surface area (Å²) in [5, 5.41) is 17.1. The van der Waals surface area contributed by atoms with E-state index in [0.29, 0.717) is 23.9 Å². The maximum atomic E-state index is 9.96. The van der Waals surface area contributed by atoms with E-state index < -0.39 is 0 Å². The molecule has 0 radical (unpaired) electrons. The quantitative estimate of drug-likeness (QED) is 0.420. The maximum Gasteiger partial charge on any atom is 0.223 e. The van der Waals surface area contributed by atoms with Crippen LogP contribution in [0.4, 0.5) is 5.95 Å². The highest BCUT2D eigenvalue weighted by molar-refractivity contribution is 6.02. The van der Waals surface area contributed by atoms with Crippen molar-refractivity contribution in [1.29, 1.82) is 0 Å². The van der Waals surface area contributed by atoms with Gasteiger partial charge in [0.05, 0.1) is 17.4 Å². The van der Waals surface area contributed by atoms with E-state index in [1.54, 1.807) is 0 Å². The zero-order valence-corrected chi connectivity index (χ0v) is 20.4. The van der Waals surface area contributed by atoms with Gasteiger partial charge >= 0.3 is 0 Å². The highest BCUT2D eigenvalue weighted by atomic mass is 16.3. The number of aliphatic hydroxyl groups excluding tert-OH is 1. The fourth-order valence-electron chi connectivity index (χ4n) is 4.82. The molecule has 1 aromatic rings. The van der Waals surface area contributed by atoms with Crippen molar-refractivity contribution in [2.24, 2.45) is 10.9 Å². The number of nitrogens with zero attached hydrogens (tertiary/aromatic N) is 4. The number of hydrogen-bond donors (Lipinski definition) is 3. The molecule has 0 amide bonds. The Kier molecular flexibility index (Phi) is 9.05. The molecule has 178 valence electrons. The third kappa shape index (κ3) is 6.51. The van der Waals surface area contributed by atoms with Crippen molar-refractivity contribution >= 4 is 17.4 Å². The molecule has 1 atom stereocenters. The first-order chi connectivity index (χ1) is 15.4. The highest BCUT2D eigenvalue weighted by Crippen LogP contribution is 2.35. The van der Waals surface area contributed by atoms with E-state index in [0.717, 1.165) is 87.1 Å². The fraction of sp³-hybridized carbons (Fsp3) is 0.720. The molecule has 2 heterocycles. The molecule has 1 aromatic heterocycles. The van der Waals surface area contributed by atoms with Gasteiger partial charge in [0.25, 0.3) is 0 Å². The van der Waals surface area contributed by atoms with Crippen LogP contribution in [-0.4, -0.2) is 71.2 Å². The molecule has 1 aliphatic carbocycles. The normalized spacial score (nSPS) is 24.2. The van der Waals surface area contributed by atoms with Crippen LogP contribution in [0.5, 0.6) is 0 Å². The van der Waals surface area contributed by atoms with Crippen molar-refractivity contribution in [3.05, 3.63) is 24.0 Å². The molecular weight excluding hydrogens is 400 g/mol. The Bertz CT molecular complexity index is 779. The van der Waals surface area contributed by atoms with Gasteiger partial charge in [-0.2, -0.15) is 0 Å². The van der Waals surface area contributed by atoms with Crippen molar-refractivity contribution < 1.29 is 5.11 Å². The number of rotatable bonds is 8. The number of likely N-dealkylation sites (tertiary alicyclic amines) is 1. The number of aliphatic imine (C=N–C) groups is 1. The van der Waals surface area contributed by atoms with E-state index in [2.05, 4.69) is 53.0 Å². The van der Waals surface area contributed by atoms with Crippen LogP contribution in [0.25, 0.3) is 5.57 Å². The molecule has 7 nitrogen and oxygen atoms in total. The minimum Gasteiger partial charge on any atom is -0.393 e. The molecule has 3 rings (SSSR count). The first-order valence-electron chi connectivity index (χ1n) is 12.3. The van der Waals surface area contributed by atoms with Gasteiger partial charge in [-0.25, -0.2) is 9.97 Å². The summed E-state index contributed by atoms with van der Waals surface area (Å²) in [5.74, 6) is 1.82. The van der Waals surface area contributed by atoms with E-state index in [1.165, 1.54) is 0 Å². The van der Waals surface area contributed by atoms with Crippen LogP contribution < -0.4 is 10.6 Å². The summed E-state index contributed by atoms with van der Waals surface area (Å²) in [7, 11) is 4.00. The molecule has 7 heteroatoms. The monoisotopic (exact) mass is 442 g/mol. The second-order valence-electron chi connectivity index (χ2n) is 9.61. The Labute approximate surface area is 193 Å². The average Bonchev–Trinajstić information content (AvgIpc) is 2.79. The molecule has 32 heavy (non-hydrogen) atoms. The first kappa shape index (κ1) is 24.6. The fourth-order valence-corrected chi connectivity index (χ4v) is 4.82. The van der Waals surface area contributed by atoms with Gasteiger partial charge in [0.1, 0.15) is 5.84 Å². The van der Waals surface area contributed by atoms with Gasteiger partial charge < -0.3 is 20.6 Å². The third-order valence-corrected chi connectivity index (χ3v) is 6.92. The molecule has 1 saturated carbocycles. The van der Waals surface area contributed by atoms with Gasteiger partial charge in [-0.3, -0.25) is 4.99 Å². The van der Waals surface area contributed by atoms with Crippen LogP contribution in [0, 0.1) is 5.92 Å². The Hall–Kier alpha value is -1.99. The van der Waals surface area contributed by atoms with Crippen LogP contribution >= 0.6 is 0 Å². The zero-order valence-electron chi connectivity index (χ0n) is 20.4. The van der Waals surface area contributed by atoms with E-state index in [-0.39, 0.29) is 6.10 Å². The maximum absolute atomic E-state index is 9.96. The topological polar surface area (TPSA) is 85.7 Å². The van der Waals surface area contributed by atoms with Gasteiger partial charge in [-0.05, 0) is 83.5 Å². The Morgan fingerprint density at radius 2 is 1.94 bits per heavy atom. The number of aromatic nitrogens is 2. The van der Waals surface area contributed by atoms with Crippen molar-refractivity contribution in [2.45, 2.75) is 83.4 Å². The largest absolute Gasteiger partial charge is 0.393 e. The minimum atomic E-state index is -0.185. The van der Waals surface area contributed by atoms with E-state index >= 15 is 0 Å². The minimum absolute atomic E-state index is 0.185. The first-order valence-corrected chi connectivity index (χ1v) is 12.3. The second-order valence-corrected chi connectivity index (χ2v) is 9.61. The summed E-state index contributed by atoms with van der Waals surface area (Å²) in [6.45, 7) is 11.0. The predicted molar refractivity (Wildman–Crippen MR) is 133 cm³/mol. The number of aliphatic hydroxyl groups is 1. The standard InChI is InChI=1S/C25H42N6O/c1-6-7-17(2)28-25-27-16-22(24(26-4)29-20-12-14-31(5)15-13-20)23(30-25)18(3)19-8-10-21(32)11-9-19/h16-17,19-21,32H,3,6-15H2,1-2,4-5H3,(H,26,29)(H,27,28,30). The van der Waals surface area contributed by atoms with Gasteiger partial charge in [0, 0.05) is 25.3 Å². The van der Waals surface area contributed by atoms with E-state index in [4.69, 9.17) is 4.98 Å². The van der Waals surface area contributed by atoms with Crippen molar-refractivity contribution in [1.82, 2.24) is 20.2 Å². The van der Waals surface area contributed by atoms with Crippen molar-refractivity contribution in [3.63, 3.8) is 0 Å². The van der Waals surface area contributed by atoms with Gasteiger partial charge in [-0.1, -0.05) is 19.9 Å². The smallest absolute Gasteiger partial charge is 0.223 e. The van der Waals surface area contributed by atoms with Gasteiger partial charge in [0.15, 0.2) is 0 Å². The second kappa shape index (κ2) is 11.8. The lowest BCUT2D eigenvalue weighted by molar-refractivity contribution is 0.119. The van der Waals surface area contributed by atoms with Crippen LogP contribution in [0.1, 0.15) is 76.5 Å². The lowest BCUT2D eigenvalue weighted by atomic mass is 9.81. The lowest BCUT2D eigenvalue weighted by Gasteiger charge is -2.31.